The van der Waals surface area contributed by atoms with Crippen LogP contribution in [-0.4, -0.2) is 27.8 Å². The Morgan fingerprint density at radius 3 is 2.73 bits per heavy atom. The van der Waals surface area contributed by atoms with E-state index < -0.39 is 0 Å². The van der Waals surface area contributed by atoms with Gasteiger partial charge in [-0.05, 0) is 32.9 Å². The third-order valence-corrected chi connectivity index (χ3v) is 5.14. The Hall–Kier alpha value is -2.67. The largest absolute Gasteiger partial charge is 0.496 e. The van der Waals surface area contributed by atoms with Crippen LogP contribution in [-0.2, 0) is 18.3 Å². The van der Waals surface area contributed by atoms with Crippen molar-refractivity contribution in [1.29, 1.82) is 0 Å². The monoisotopic (exact) mass is 370 g/mol. The van der Waals surface area contributed by atoms with E-state index in [0.717, 1.165) is 39.5 Å². The third kappa shape index (κ3) is 3.62. The molecule has 1 aromatic carbocycles. The summed E-state index contributed by atoms with van der Waals surface area (Å²) in [4.78, 5) is 17.0. The van der Waals surface area contributed by atoms with Gasteiger partial charge in [0, 0.05) is 29.2 Å². The number of amides is 1. The van der Waals surface area contributed by atoms with Crippen molar-refractivity contribution < 1.29 is 9.53 Å². The Bertz CT molecular complexity index is 959. The Balaban J connectivity index is 1.76. The fourth-order valence-electron chi connectivity index (χ4n) is 2.87. The van der Waals surface area contributed by atoms with Crippen molar-refractivity contribution in [2.45, 2.75) is 27.2 Å². The molecular formula is C19H22N4O2S. The number of nitrogens with one attached hydrogen (secondary N) is 1. The van der Waals surface area contributed by atoms with Crippen LogP contribution in [0.5, 0.6) is 5.75 Å². The van der Waals surface area contributed by atoms with Gasteiger partial charge in [-0.2, -0.15) is 5.10 Å². The van der Waals surface area contributed by atoms with E-state index in [1.807, 2.05) is 51.4 Å². The molecule has 2 heterocycles. The Morgan fingerprint density at radius 2 is 2.08 bits per heavy atom. The molecule has 136 valence electrons. The van der Waals surface area contributed by atoms with Crippen LogP contribution in [0.4, 0.5) is 5.13 Å². The molecule has 26 heavy (non-hydrogen) atoms. The van der Waals surface area contributed by atoms with Crippen molar-refractivity contribution in [3.05, 3.63) is 46.1 Å². The smallest absolute Gasteiger partial charge is 0.230 e. The number of hydrogen-bond donors (Lipinski definition) is 1. The fourth-order valence-corrected chi connectivity index (χ4v) is 3.60. The van der Waals surface area contributed by atoms with E-state index in [2.05, 4.69) is 15.4 Å². The number of aryl methyl sites for hydroxylation is 3. The molecule has 1 N–H and O–H groups in total. The van der Waals surface area contributed by atoms with Crippen LogP contribution >= 0.6 is 11.3 Å². The number of carbonyl (C=O) groups excluding carboxylic acids is 1. The molecule has 0 atom stereocenters. The molecule has 0 aliphatic carbocycles. The third-order valence-electron chi connectivity index (χ3n) is 4.38. The number of carbonyl (C=O) groups is 1. The van der Waals surface area contributed by atoms with Gasteiger partial charge >= 0.3 is 0 Å². The van der Waals surface area contributed by atoms with E-state index in [-0.39, 0.29) is 12.3 Å². The summed E-state index contributed by atoms with van der Waals surface area (Å²) in [6.45, 7) is 5.91. The maximum atomic E-state index is 12.4. The maximum Gasteiger partial charge on any atom is 0.230 e. The summed E-state index contributed by atoms with van der Waals surface area (Å²) in [7, 11) is 3.52. The molecule has 3 aromatic rings. The van der Waals surface area contributed by atoms with Crippen LogP contribution in [0.15, 0.2) is 23.6 Å². The van der Waals surface area contributed by atoms with E-state index in [0.29, 0.717) is 5.13 Å². The van der Waals surface area contributed by atoms with Crippen LogP contribution in [0.2, 0.25) is 0 Å². The van der Waals surface area contributed by atoms with Crippen molar-refractivity contribution in [2.24, 2.45) is 7.05 Å². The molecule has 2 aromatic heterocycles. The van der Waals surface area contributed by atoms with Gasteiger partial charge in [-0.15, -0.1) is 11.3 Å². The van der Waals surface area contributed by atoms with Crippen molar-refractivity contribution >= 4 is 22.4 Å². The van der Waals surface area contributed by atoms with Crippen molar-refractivity contribution in [3.8, 4) is 17.0 Å². The summed E-state index contributed by atoms with van der Waals surface area (Å²) >= 11 is 1.40. The van der Waals surface area contributed by atoms with Crippen molar-refractivity contribution in [1.82, 2.24) is 14.8 Å². The summed E-state index contributed by atoms with van der Waals surface area (Å²) in [6.07, 6.45) is 0.286. The lowest BCUT2D eigenvalue weighted by Gasteiger charge is -2.07. The van der Waals surface area contributed by atoms with Crippen LogP contribution in [0.25, 0.3) is 11.3 Å². The van der Waals surface area contributed by atoms with Gasteiger partial charge in [0.05, 0.1) is 24.9 Å². The molecule has 1 amide bonds. The van der Waals surface area contributed by atoms with Gasteiger partial charge < -0.3 is 10.1 Å². The number of thiazole rings is 1. The fraction of sp³-hybridized carbons (Fsp3) is 0.316. The Kier molecular flexibility index (Phi) is 5.08. The minimum absolute atomic E-state index is 0.0960. The zero-order valence-electron chi connectivity index (χ0n) is 15.6. The average Bonchev–Trinajstić information content (AvgIpc) is 3.15. The number of ether oxygens (including phenoxy) is 1. The molecule has 0 unspecified atom stereocenters. The molecule has 0 aliphatic heterocycles. The zero-order chi connectivity index (χ0) is 18.8. The lowest BCUT2D eigenvalue weighted by atomic mass is 10.1. The quantitative estimate of drug-likeness (QED) is 0.744. The number of nitrogens with zero attached hydrogens (tertiary/aromatic N) is 3. The first-order valence-electron chi connectivity index (χ1n) is 8.28. The molecule has 0 saturated carbocycles. The molecule has 0 saturated heterocycles. The van der Waals surface area contributed by atoms with Crippen molar-refractivity contribution in [3.63, 3.8) is 0 Å². The second-order valence-corrected chi connectivity index (χ2v) is 7.10. The normalized spacial score (nSPS) is 10.8. The van der Waals surface area contributed by atoms with Gasteiger partial charge in [-0.25, -0.2) is 4.98 Å². The summed E-state index contributed by atoms with van der Waals surface area (Å²) in [6, 6.07) is 5.95. The molecule has 0 aliphatic rings. The topological polar surface area (TPSA) is 69.0 Å². The van der Waals surface area contributed by atoms with Gasteiger partial charge in [0.2, 0.25) is 5.91 Å². The van der Waals surface area contributed by atoms with Gasteiger partial charge in [0.15, 0.2) is 5.13 Å². The highest BCUT2D eigenvalue weighted by Crippen LogP contribution is 2.33. The standard InChI is InChI=1S/C19H22N4O2S/c1-11-6-7-17(25-5)15(8-11)16-10-26-19(20-16)21-18(24)9-14-12(2)22-23(4)13(14)3/h6-8,10H,9H2,1-5H3,(H,20,21,24). The number of rotatable bonds is 5. The van der Waals surface area contributed by atoms with Gasteiger partial charge in [-0.3, -0.25) is 9.48 Å². The zero-order valence-corrected chi connectivity index (χ0v) is 16.4. The highest BCUT2D eigenvalue weighted by Gasteiger charge is 2.16. The lowest BCUT2D eigenvalue weighted by molar-refractivity contribution is -0.115. The highest BCUT2D eigenvalue weighted by atomic mass is 32.1. The summed E-state index contributed by atoms with van der Waals surface area (Å²) in [5.74, 6) is 0.668. The molecule has 6 nitrogen and oxygen atoms in total. The average molecular weight is 370 g/mol. The van der Waals surface area contributed by atoms with E-state index >= 15 is 0 Å². The number of hydrogen-bond acceptors (Lipinski definition) is 5. The second kappa shape index (κ2) is 7.29. The Labute approximate surface area is 156 Å². The van der Waals surface area contributed by atoms with E-state index in [9.17, 15) is 4.79 Å². The molecule has 0 bridgehead atoms. The lowest BCUT2D eigenvalue weighted by Crippen LogP contribution is -2.15. The predicted molar refractivity (Wildman–Crippen MR) is 104 cm³/mol. The van der Waals surface area contributed by atoms with Crippen LogP contribution in [0.1, 0.15) is 22.5 Å². The van der Waals surface area contributed by atoms with Gasteiger partial charge in [0.25, 0.3) is 0 Å². The second-order valence-electron chi connectivity index (χ2n) is 6.24. The minimum Gasteiger partial charge on any atom is -0.496 e. The molecule has 3 rings (SSSR count). The van der Waals surface area contributed by atoms with Crippen LogP contribution in [0.3, 0.4) is 0 Å². The number of anilines is 1. The molecular weight excluding hydrogens is 348 g/mol. The first-order valence-corrected chi connectivity index (χ1v) is 9.16. The SMILES string of the molecule is COc1ccc(C)cc1-c1csc(NC(=O)Cc2c(C)nn(C)c2C)n1. The highest BCUT2D eigenvalue weighted by molar-refractivity contribution is 7.14. The molecule has 0 fully saturated rings. The number of benzene rings is 1. The first-order chi connectivity index (χ1) is 12.4. The van der Waals surface area contributed by atoms with Crippen molar-refractivity contribution in [2.75, 3.05) is 12.4 Å². The van der Waals surface area contributed by atoms with Gasteiger partial charge in [0.1, 0.15) is 5.75 Å². The minimum atomic E-state index is -0.0960. The maximum absolute atomic E-state index is 12.4. The van der Waals surface area contributed by atoms with E-state index in [4.69, 9.17) is 4.74 Å². The van der Waals surface area contributed by atoms with Gasteiger partial charge in [-0.1, -0.05) is 11.6 Å². The van der Waals surface area contributed by atoms with E-state index in [1.165, 1.54) is 11.3 Å². The number of methoxy groups -OCH3 is 1. The van der Waals surface area contributed by atoms with Crippen LogP contribution < -0.4 is 10.1 Å². The summed E-state index contributed by atoms with van der Waals surface area (Å²) in [5.41, 5.74) is 5.68. The first kappa shape index (κ1) is 18.1. The summed E-state index contributed by atoms with van der Waals surface area (Å²) < 4.78 is 7.22. The Morgan fingerprint density at radius 1 is 1.31 bits per heavy atom. The molecule has 7 heteroatoms. The van der Waals surface area contributed by atoms with Crippen LogP contribution in [0, 0.1) is 20.8 Å². The molecule has 0 radical (unpaired) electrons. The van der Waals surface area contributed by atoms with E-state index in [1.54, 1.807) is 11.8 Å². The number of aromatic nitrogens is 3. The predicted octanol–water partition coefficient (Wildman–Crippen LogP) is 3.66. The molecule has 0 spiro atoms. The summed E-state index contributed by atoms with van der Waals surface area (Å²) in [5, 5.41) is 9.74.